The van der Waals surface area contributed by atoms with Crippen LogP contribution >= 0.6 is 0 Å². The lowest BCUT2D eigenvalue weighted by molar-refractivity contribution is 0.481. The number of nitrogens with zero attached hydrogens (tertiary/aromatic N) is 3. The summed E-state index contributed by atoms with van der Waals surface area (Å²) in [7, 11) is -8.70. The number of aromatic nitrogens is 5. The van der Waals surface area contributed by atoms with Crippen molar-refractivity contribution in [3.05, 3.63) is 88.6 Å². The molecule has 0 radical (unpaired) electrons. The number of aromatic amines is 2. The van der Waals surface area contributed by atoms with E-state index < -0.39 is 20.2 Å². The van der Waals surface area contributed by atoms with Crippen molar-refractivity contribution in [3.8, 4) is 0 Å². The van der Waals surface area contributed by atoms with E-state index in [4.69, 9.17) is 0 Å². The fourth-order valence-electron chi connectivity index (χ4n) is 3.65. The molecule has 2 aromatic heterocycles. The van der Waals surface area contributed by atoms with Crippen molar-refractivity contribution in [2.75, 3.05) is 10.6 Å². The van der Waals surface area contributed by atoms with E-state index in [0.717, 1.165) is 0 Å². The second kappa shape index (κ2) is 9.91. The molecule has 0 atom stereocenters. The van der Waals surface area contributed by atoms with Gasteiger partial charge in [-0.1, -0.05) is 12.1 Å². The molecule has 3 aromatic carbocycles. The molecule has 5 rings (SSSR count). The van der Waals surface area contributed by atoms with Crippen LogP contribution in [0.3, 0.4) is 0 Å². The zero-order chi connectivity index (χ0) is 27.8. The zero-order valence-corrected chi connectivity index (χ0v) is 21.3. The average molecular weight is 570 g/mol. The van der Waals surface area contributed by atoms with Crippen molar-refractivity contribution < 1.29 is 25.9 Å². The minimum Gasteiger partial charge on any atom is -0.324 e. The van der Waals surface area contributed by atoms with Gasteiger partial charge in [-0.3, -0.25) is 9.11 Å². The van der Waals surface area contributed by atoms with Crippen LogP contribution < -0.4 is 16.3 Å². The molecule has 0 saturated heterocycles. The highest BCUT2D eigenvalue weighted by Gasteiger charge is 2.13. The Morgan fingerprint density at radius 1 is 0.667 bits per heavy atom. The van der Waals surface area contributed by atoms with Gasteiger partial charge in [0.2, 0.25) is 11.9 Å². The van der Waals surface area contributed by atoms with Gasteiger partial charge < -0.3 is 20.6 Å². The number of H-pyrrole nitrogens is 2. The summed E-state index contributed by atoms with van der Waals surface area (Å²) in [5, 5.41) is 6.01. The van der Waals surface area contributed by atoms with E-state index in [9.17, 15) is 30.7 Å². The lowest BCUT2D eigenvalue weighted by Gasteiger charge is -2.11. The molecule has 0 aliphatic rings. The van der Waals surface area contributed by atoms with Gasteiger partial charge in [-0.15, -0.1) is 0 Å². The first-order chi connectivity index (χ1) is 18.4. The molecule has 16 heteroatoms. The van der Waals surface area contributed by atoms with Crippen LogP contribution in [0.1, 0.15) is 11.4 Å². The molecule has 14 nitrogen and oxygen atoms in total. The molecule has 200 valence electrons. The summed E-state index contributed by atoms with van der Waals surface area (Å²) >= 11 is 0. The Balaban J connectivity index is 1.47. The molecule has 0 spiro atoms. The van der Waals surface area contributed by atoms with E-state index >= 15 is 0 Å². The van der Waals surface area contributed by atoms with Crippen LogP contribution in [0.25, 0.3) is 11.0 Å². The Labute approximate surface area is 220 Å². The topological polar surface area (TPSA) is 220 Å². The summed E-state index contributed by atoms with van der Waals surface area (Å²) in [5.41, 5.74) is 2.47. The van der Waals surface area contributed by atoms with Crippen molar-refractivity contribution in [2.24, 2.45) is 0 Å². The summed E-state index contributed by atoms with van der Waals surface area (Å²) in [5.74, 6) is 0.539. The number of hydrogen-bond acceptors (Lipinski definition) is 10. The molecule has 5 aromatic rings. The SMILES string of the molecule is O=c1[nH]c2ccc(Nc3nc(Cc4ccc(S(=O)(=O)O)cc4)nc(Nc4ccc(S(=O)(=O)O)cc4)n3)cc2[nH]1. The first-order valence-corrected chi connectivity index (χ1v) is 14.0. The summed E-state index contributed by atoms with van der Waals surface area (Å²) in [4.78, 5) is 29.6. The van der Waals surface area contributed by atoms with Crippen molar-refractivity contribution in [2.45, 2.75) is 16.2 Å². The molecule has 0 saturated carbocycles. The molecule has 0 aliphatic heterocycles. The van der Waals surface area contributed by atoms with Gasteiger partial charge in [-0.2, -0.15) is 31.8 Å². The normalized spacial score (nSPS) is 11.9. The van der Waals surface area contributed by atoms with Crippen molar-refractivity contribution >= 4 is 54.5 Å². The highest BCUT2D eigenvalue weighted by atomic mass is 32.2. The van der Waals surface area contributed by atoms with Gasteiger partial charge in [-0.25, -0.2) is 4.79 Å². The number of anilines is 4. The van der Waals surface area contributed by atoms with Gasteiger partial charge >= 0.3 is 5.69 Å². The van der Waals surface area contributed by atoms with E-state index in [1.165, 1.54) is 48.5 Å². The highest BCUT2D eigenvalue weighted by molar-refractivity contribution is 7.86. The number of hydrogen-bond donors (Lipinski definition) is 6. The fraction of sp³-hybridized carbons (Fsp3) is 0.0435. The van der Waals surface area contributed by atoms with Gasteiger partial charge in [0.1, 0.15) is 5.82 Å². The van der Waals surface area contributed by atoms with E-state index in [-0.39, 0.29) is 33.8 Å². The molecule has 0 unspecified atom stereocenters. The molecule has 39 heavy (non-hydrogen) atoms. The molecule has 6 N–H and O–H groups in total. The number of rotatable bonds is 8. The standard InChI is InChI=1S/C23H19N7O7S2/c31-23-26-18-10-5-15(12-19(18)27-23)25-22-29-20(11-13-1-6-16(7-2-13)38(32,33)34)28-21(30-22)24-14-3-8-17(9-4-14)39(35,36)37/h1-10,12H,11H2,(H2,26,27,31)(H,32,33,34)(H,35,36,37)(H2,24,25,28,29,30). The zero-order valence-electron chi connectivity index (χ0n) is 19.7. The third kappa shape index (κ3) is 6.27. The number of nitrogens with one attached hydrogen (secondary N) is 4. The van der Waals surface area contributed by atoms with Crippen molar-refractivity contribution in [1.82, 2.24) is 24.9 Å². The van der Waals surface area contributed by atoms with Crippen molar-refractivity contribution in [1.29, 1.82) is 0 Å². The maximum Gasteiger partial charge on any atom is 0.323 e. The van der Waals surface area contributed by atoms with Crippen molar-refractivity contribution in [3.63, 3.8) is 0 Å². The van der Waals surface area contributed by atoms with E-state index in [1.54, 1.807) is 18.2 Å². The molecular weight excluding hydrogens is 550 g/mol. The molecule has 0 aliphatic carbocycles. The van der Waals surface area contributed by atoms with E-state index in [1.807, 2.05) is 0 Å². The highest BCUT2D eigenvalue weighted by Crippen LogP contribution is 2.22. The lowest BCUT2D eigenvalue weighted by atomic mass is 10.1. The van der Waals surface area contributed by atoms with E-state index in [2.05, 4.69) is 35.6 Å². The van der Waals surface area contributed by atoms with Gasteiger partial charge in [0, 0.05) is 17.8 Å². The first kappa shape index (κ1) is 26.0. The molecular formula is C23H19N7O7S2. The Morgan fingerprint density at radius 2 is 1.18 bits per heavy atom. The number of imidazole rings is 1. The van der Waals surface area contributed by atoms with Crippen LogP contribution in [-0.2, 0) is 26.7 Å². The monoisotopic (exact) mass is 569 g/mol. The molecule has 0 bridgehead atoms. The third-order valence-electron chi connectivity index (χ3n) is 5.45. The Kier molecular flexibility index (Phi) is 6.61. The Hall–Kier alpha value is -4.64. The largest absolute Gasteiger partial charge is 0.324 e. The predicted molar refractivity (Wildman–Crippen MR) is 141 cm³/mol. The maximum atomic E-state index is 11.6. The lowest BCUT2D eigenvalue weighted by Crippen LogP contribution is -2.08. The minimum atomic E-state index is -4.36. The summed E-state index contributed by atoms with van der Waals surface area (Å²) in [6.45, 7) is 0. The Bertz CT molecular complexity index is 1860. The van der Waals surface area contributed by atoms with Gasteiger partial charge in [0.25, 0.3) is 20.2 Å². The maximum absolute atomic E-state index is 11.6. The van der Waals surface area contributed by atoms with Crippen LogP contribution in [0.2, 0.25) is 0 Å². The van der Waals surface area contributed by atoms with Crippen LogP contribution in [0.4, 0.5) is 23.3 Å². The molecule has 0 amide bonds. The fourth-order valence-corrected chi connectivity index (χ4v) is 4.61. The smallest absolute Gasteiger partial charge is 0.323 e. The molecule has 2 heterocycles. The first-order valence-electron chi connectivity index (χ1n) is 11.1. The second-order valence-corrected chi connectivity index (χ2v) is 11.1. The quantitative estimate of drug-likeness (QED) is 0.148. The van der Waals surface area contributed by atoms with Gasteiger partial charge in [-0.05, 0) is 60.2 Å². The predicted octanol–water partition coefficient (Wildman–Crippen LogP) is 2.61. The molecule has 0 fully saturated rings. The number of benzene rings is 3. The Morgan fingerprint density at radius 3 is 1.77 bits per heavy atom. The van der Waals surface area contributed by atoms with Crippen LogP contribution in [0.5, 0.6) is 0 Å². The second-order valence-electron chi connectivity index (χ2n) is 8.28. The van der Waals surface area contributed by atoms with E-state index in [0.29, 0.717) is 33.8 Å². The summed E-state index contributed by atoms with van der Waals surface area (Å²) in [6, 6.07) is 15.9. The van der Waals surface area contributed by atoms with Gasteiger partial charge in [0.05, 0.1) is 20.8 Å². The van der Waals surface area contributed by atoms with Crippen LogP contribution in [0.15, 0.2) is 81.3 Å². The van der Waals surface area contributed by atoms with Crippen LogP contribution in [-0.4, -0.2) is 50.9 Å². The van der Waals surface area contributed by atoms with Gasteiger partial charge in [0.15, 0.2) is 0 Å². The minimum absolute atomic E-state index is 0.104. The summed E-state index contributed by atoms with van der Waals surface area (Å²) in [6.07, 6.45) is 0.170. The van der Waals surface area contributed by atoms with Crippen LogP contribution in [0, 0.1) is 0 Å². The third-order valence-corrected chi connectivity index (χ3v) is 7.18. The summed E-state index contributed by atoms with van der Waals surface area (Å²) < 4.78 is 63.7. The number of fused-ring (bicyclic) bond motifs is 1. The average Bonchev–Trinajstić information content (AvgIpc) is 3.23.